The second-order valence-corrected chi connectivity index (χ2v) is 9.56. The molecular formula is C20H29FN2O5S. The van der Waals surface area contributed by atoms with E-state index in [0.29, 0.717) is 19.3 Å². The topological polar surface area (TPSA) is 105 Å². The first-order chi connectivity index (χ1) is 13.9. The molecule has 2 aliphatic rings. The largest absolute Gasteiger partial charge is 0.394 e. The highest BCUT2D eigenvalue weighted by Gasteiger charge is 2.33. The molecule has 29 heavy (non-hydrogen) atoms. The highest BCUT2D eigenvalue weighted by molar-refractivity contribution is 7.89. The van der Waals surface area contributed by atoms with E-state index in [9.17, 15) is 22.7 Å². The third kappa shape index (κ3) is 5.97. The summed E-state index contributed by atoms with van der Waals surface area (Å²) >= 11 is 0. The number of rotatable bonds is 8. The number of aliphatic hydroxyl groups is 1. The van der Waals surface area contributed by atoms with Crippen molar-refractivity contribution in [1.82, 2.24) is 10.0 Å². The number of benzene rings is 1. The molecule has 1 saturated heterocycles. The molecule has 162 valence electrons. The van der Waals surface area contributed by atoms with Gasteiger partial charge in [0, 0.05) is 12.5 Å². The van der Waals surface area contributed by atoms with Gasteiger partial charge < -0.3 is 15.2 Å². The average Bonchev–Trinajstić information content (AvgIpc) is 3.24. The van der Waals surface area contributed by atoms with Crippen LogP contribution in [0.5, 0.6) is 0 Å². The summed E-state index contributed by atoms with van der Waals surface area (Å²) in [4.78, 5) is 12.4. The SMILES string of the molecule is O=C(N[C@H]1CC[C@@H](CCNS(=O)(=O)c2ccc(F)cc2)O[C@H]1CO)C1CCCC1. The number of sulfonamides is 1. The summed E-state index contributed by atoms with van der Waals surface area (Å²) in [6.07, 6.45) is 5.09. The Morgan fingerprint density at radius 2 is 1.83 bits per heavy atom. The van der Waals surface area contributed by atoms with Crippen LogP contribution in [-0.2, 0) is 19.6 Å². The molecular weight excluding hydrogens is 399 g/mol. The van der Waals surface area contributed by atoms with Gasteiger partial charge in [0.05, 0.1) is 23.6 Å². The minimum absolute atomic E-state index is 0.00591. The molecule has 3 atom stereocenters. The molecule has 1 saturated carbocycles. The zero-order chi connectivity index (χ0) is 20.9. The van der Waals surface area contributed by atoms with E-state index in [1.54, 1.807) is 0 Å². The van der Waals surface area contributed by atoms with Crippen molar-refractivity contribution < 1.29 is 27.4 Å². The van der Waals surface area contributed by atoms with Gasteiger partial charge in [0.1, 0.15) is 11.9 Å². The first kappa shape index (κ1) is 22.1. The van der Waals surface area contributed by atoms with Gasteiger partial charge in [-0.2, -0.15) is 0 Å². The van der Waals surface area contributed by atoms with E-state index in [-0.39, 0.29) is 42.0 Å². The number of aliphatic hydroxyl groups excluding tert-OH is 1. The van der Waals surface area contributed by atoms with E-state index >= 15 is 0 Å². The predicted octanol–water partition coefficient (Wildman–Crippen LogP) is 1.71. The summed E-state index contributed by atoms with van der Waals surface area (Å²) < 4.78 is 45.8. The fourth-order valence-corrected chi connectivity index (χ4v) is 5.10. The molecule has 1 aromatic rings. The molecule has 1 amide bonds. The quantitative estimate of drug-likeness (QED) is 0.585. The Bertz CT molecular complexity index is 781. The molecule has 1 heterocycles. The number of halogens is 1. The maximum atomic E-state index is 13.0. The van der Waals surface area contributed by atoms with E-state index in [4.69, 9.17) is 4.74 Å². The molecule has 0 unspecified atom stereocenters. The predicted molar refractivity (Wildman–Crippen MR) is 105 cm³/mol. The molecule has 0 aromatic heterocycles. The average molecular weight is 429 g/mol. The zero-order valence-corrected chi connectivity index (χ0v) is 17.2. The minimum atomic E-state index is -3.71. The first-order valence-electron chi connectivity index (χ1n) is 10.2. The number of hydrogen-bond donors (Lipinski definition) is 3. The van der Waals surface area contributed by atoms with E-state index in [2.05, 4.69) is 10.0 Å². The van der Waals surface area contributed by atoms with Gasteiger partial charge in [-0.05, 0) is 56.4 Å². The number of carbonyl (C=O) groups excluding carboxylic acids is 1. The van der Waals surface area contributed by atoms with Gasteiger partial charge in [-0.25, -0.2) is 17.5 Å². The van der Waals surface area contributed by atoms with E-state index < -0.39 is 21.9 Å². The van der Waals surface area contributed by atoms with Gasteiger partial charge in [0.25, 0.3) is 0 Å². The van der Waals surface area contributed by atoms with Crippen LogP contribution < -0.4 is 10.0 Å². The van der Waals surface area contributed by atoms with Crippen LogP contribution in [0.4, 0.5) is 4.39 Å². The highest BCUT2D eigenvalue weighted by atomic mass is 32.2. The van der Waals surface area contributed by atoms with Crippen molar-refractivity contribution in [2.75, 3.05) is 13.2 Å². The highest BCUT2D eigenvalue weighted by Crippen LogP contribution is 2.27. The van der Waals surface area contributed by atoms with Gasteiger partial charge in [0.15, 0.2) is 0 Å². The number of hydrogen-bond acceptors (Lipinski definition) is 5. The number of carbonyl (C=O) groups is 1. The molecule has 1 aliphatic heterocycles. The maximum Gasteiger partial charge on any atom is 0.240 e. The van der Waals surface area contributed by atoms with Gasteiger partial charge in [-0.1, -0.05) is 12.8 Å². The summed E-state index contributed by atoms with van der Waals surface area (Å²) in [6.45, 7) is -0.0327. The van der Waals surface area contributed by atoms with E-state index in [0.717, 1.165) is 37.8 Å². The van der Waals surface area contributed by atoms with Crippen LogP contribution in [0.15, 0.2) is 29.2 Å². The van der Waals surface area contributed by atoms with E-state index in [1.165, 1.54) is 12.1 Å². The van der Waals surface area contributed by atoms with Crippen LogP contribution in [0, 0.1) is 11.7 Å². The van der Waals surface area contributed by atoms with Crippen LogP contribution in [0.25, 0.3) is 0 Å². The molecule has 3 N–H and O–H groups in total. The lowest BCUT2D eigenvalue weighted by atomic mass is 9.96. The maximum absolute atomic E-state index is 13.0. The number of ether oxygens (including phenoxy) is 1. The van der Waals surface area contributed by atoms with Crippen molar-refractivity contribution in [3.63, 3.8) is 0 Å². The van der Waals surface area contributed by atoms with Crippen LogP contribution in [-0.4, -0.2) is 50.8 Å². The Kier molecular flexibility index (Phi) is 7.61. The Morgan fingerprint density at radius 1 is 1.14 bits per heavy atom. The molecule has 1 aromatic carbocycles. The lowest BCUT2D eigenvalue weighted by Crippen LogP contribution is -2.52. The van der Waals surface area contributed by atoms with Gasteiger partial charge >= 0.3 is 0 Å². The summed E-state index contributed by atoms with van der Waals surface area (Å²) in [6, 6.07) is 4.41. The first-order valence-corrected chi connectivity index (χ1v) is 11.7. The second kappa shape index (κ2) is 9.97. The molecule has 0 radical (unpaired) electrons. The molecule has 0 spiro atoms. The van der Waals surface area contributed by atoms with Gasteiger partial charge in [-0.3, -0.25) is 4.79 Å². The number of nitrogens with one attached hydrogen (secondary N) is 2. The smallest absolute Gasteiger partial charge is 0.240 e. The van der Waals surface area contributed by atoms with Gasteiger partial charge in [0.2, 0.25) is 15.9 Å². The minimum Gasteiger partial charge on any atom is -0.394 e. The van der Waals surface area contributed by atoms with Crippen LogP contribution in [0.3, 0.4) is 0 Å². The molecule has 9 heteroatoms. The van der Waals surface area contributed by atoms with Crippen LogP contribution in [0.1, 0.15) is 44.9 Å². The third-order valence-electron chi connectivity index (χ3n) is 5.73. The summed E-state index contributed by atoms with van der Waals surface area (Å²) in [5.74, 6) is -0.392. The number of amides is 1. The van der Waals surface area contributed by atoms with Crippen molar-refractivity contribution >= 4 is 15.9 Å². The fourth-order valence-electron chi connectivity index (χ4n) is 4.05. The third-order valence-corrected chi connectivity index (χ3v) is 7.21. The van der Waals surface area contributed by atoms with Gasteiger partial charge in [-0.15, -0.1) is 0 Å². The lowest BCUT2D eigenvalue weighted by Gasteiger charge is -2.36. The Balaban J connectivity index is 1.45. The second-order valence-electron chi connectivity index (χ2n) is 7.79. The molecule has 0 bridgehead atoms. The van der Waals surface area contributed by atoms with Crippen LogP contribution >= 0.6 is 0 Å². The summed E-state index contributed by atoms with van der Waals surface area (Å²) in [5, 5.41) is 12.7. The monoisotopic (exact) mass is 428 g/mol. The Morgan fingerprint density at radius 3 is 2.48 bits per heavy atom. The molecule has 3 rings (SSSR count). The lowest BCUT2D eigenvalue weighted by molar-refractivity contribution is -0.131. The normalized spacial score (nSPS) is 25.8. The van der Waals surface area contributed by atoms with Crippen molar-refractivity contribution in [2.45, 2.75) is 68.1 Å². The van der Waals surface area contributed by atoms with E-state index in [1.807, 2.05) is 0 Å². The van der Waals surface area contributed by atoms with Crippen molar-refractivity contribution in [2.24, 2.45) is 5.92 Å². The van der Waals surface area contributed by atoms with Crippen LogP contribution in [0.2, 0.25) is 0 Å². The zero-order valence-electron chi connectivity index (χ0n) is 16.3. The molecule has 1 aliphatic carbocycles. The molecule has 7 nitrogen and oxygen atoms in total. The van der Waals surface area contributed by atoms with Crippen molar-refractivity contribution in [3.8, 4) is 0 Å². The Labute approximate surface area is 171 Å². The van der Waals surface area contributed by atoms with Crippen molar-refractivity contribution in [1.29, 1.82) is 0 Å². The van der Waals surface area contributed by atoms with Crippen molar-refractivity contribution in [3.05, 3.63) is 30.1 Å². The Hall–Kier alpha value is -1.55. The molecule has 2 fully saturated rings. The standard InChI is InChI=1S/C20H29FN2O5S/c21-15-5-8-17(9-6-15)29(26,27)22-12-11-16-7-10-18(19(13-24)28-16)23-20(25)14-3-1-2-4-14/h5-6,8-9,14,16,18-19,22,24H,1-4,7,10-13H2,(H,23,25)/t16-,18-,19-/m0/s1. The summed E-state index contributed by atoms with van der Waals surface area (Å²) in [7, 11) is -3.71. The summed E-state index contributed by atoms with van der Waals surface area (Å²) in [5.41, 5.74) is 0. The fraction of sp³-hybridized carbons (Fsp3) is 0.650.